The molecule has 0 aromatic heterocycles. The van der Waals surface area contributed by atoms with E-state index in [0.717, 1.165) is 38.5 Å². The molecule has 0 aromatic carbocycles. The van der Waals surface area contributed by atoms with Gasteiger partial charge in [-0.3, -0.25) is 9.35 Å². The van der Waals surface area contributed by atoms with Gasteiger partial charge in [-0.15, -0.1) is 0 Å². The molecule has 0 aliphatic carbocycles. The molecule has 2 atom stereocenters. The lowest BCUT2D eigenvalue weighted by atomic mass is 10.0. The molecule has 0 aliphatic heterocycles. The van der Waals surface area contributed by atoms with E-state index in [4.69, 9.17) is 0 Å². The van der Waals surface area contributed by atoms with Gasteiger partial charge in [-0.2, -0.15) is 8.42 Å². The predicted molar refractivity (Wildman–Crippen MR) is 189 cm³/mol. The number of aliphatic hydroxyl groups excluding tert-OH is 1. The lowest BCUT2D eigenvalue weighted by Gasteiger charge is -2.21. The quantitative estimate of drug-likeness (QED) is 0.0368. The zero-order valence-corrected chi connectivity index (χ0v) is 29.9. The van der Waals surface area contributed by atoms with Gasteiger partial charge in [-0.1, -0.05) is 187 Å². The van der Waals surface area contributed by atoms with Crippen LogP contribution < -0.4 is 5.32 Å². The van der Waals surface area contributed by atoms with E-state index in [9.17, 15) is 22.9 Å². The second-order valence-electron chi connectivity index (χ2n) is 13.2. The summed E-state index contributed by atoms with van der Waals surface area (Å²) in [5.41, 5.74) is 0. The van der Waals surface area contributed by atoms with E-state index in [1.807, 2.05) is 6.08 Å². The topological polar surface area (TPSA) is 104 Å². The number of amides is 1. The molecule has 1 amide bonds. The predicted octanol–water partition coefficient (Wildman–Crippen LogP) is 10.6. The summed E-state index contributed by atoms with van der Waals surface area (Å²) in [6, 6.07) is -1.05. The summed E-state index contributed by atoms with van der Waals surface area (Å²) in [5.74, 6) is -0.971. The average molecular weight is 644 g/mol. The normalized spacial score (nSPS) is 13.5. The van der Waals surface area contributed by atoms with Crippen LogP contribution in [0.3, 0.4) is 0 Å². The summed E-state index contributed by atoms with van der Waals surface area (Å²) < 4.78 is 32.3. The molecule has 262 valence electrons. The van der Waals surface area contributed by atoms with Crippen molar-refractivity contribution >= 4 is 16.0 Å². The number of aliphatic hydroxyl groups is 1. The summed E-state index contributed by atoms with van der Waals surface area (Å²) in [5, 5.41) is 13.1. The molecule has 0 heterocycles. The zero-order valence-electron chi connectivity index (χ0n) is 29.1. The summed E-state index contributed by atoms with van der Waals surface area (Å²) in [4.78, 5) is 12.4. The summed E-state index contributed by atoms with van der Waals surface area (Å²) in [6.45, 7) is 4.48. The molecule has 0 spiro atoms. The standard InChI is InChI=1S/C37H73NO5S/c1-3-5-7-9-11-13-14-15-16-17-18-19-20-21-22-23-25-27-29-31-33-37(40)38-35(34-44(41,42)43)36(39)32-30-28-26-24-12-10-8-6-4-2/h30,32,35-36,39H,3-29,31,33-34H2,1-2H3,(H,38,40)(H,41,42,43)/b32-30+. The van der Waals surface area contributed by atoms with Crippen molar-refractivity contribution in [3.63, 3.8) is 0 Å². The van der Waals surface area contributed by atoms with E-state index in [-0.39, 0.29) is 5.91 Å². The molecule has 0 saturated heterocycles. The highest BCUT2D eigenvalue weighted by atomic mass is 32.2. The minimum Gasteiger partial charge on any atom is -0.387 e. The molecule has 44 heavy (non-hydrogen) atoms. The molecule has 0 fully saturated rings. The number of unbranched alkanes of at least 4 members (excludes halogenated alkanes) is 26. The highest BCUT2D eigenvalue weighted by Gasteiger charge is 2.24. The third-order valence-electron chi connectivity index (χ3n) is 8.71. The SMILES string of the molecule is CCCCCCCCC/C=C/C(O)C(CS(=O)(=O)O)NC(=O)CCCCCCCCCCCCCCCCCCCCCC. The maximum Gasteiger partial charge on any atom is 0.267 e. The summed E-state index contributed by atoms with van der Waals surface area (Å²) in [6.07, 6.45) is 37.8. The lowest BCUT2D eigenvalue weighted by Crippen LogP contribution is -2.46. The van der Waals surface area contributed by atoms with Crippen LogP contribution in [0.4, 0.5) is 0 Å². The van der Waals surface area contributed by atoms with Gasteiger partial charge in [0.25, 0.3) is 10.1 Å². The molecule has 3 N–H and O–H groups in total. The maximum absolute atomic E-state index is 12.4. The number of rotatable bonds is 34. The van der Waals surface area contributed by atoms with Crippen molar-refractivity contribution < 1.29 is 22.9 Å². The fraction of sp³-hybridized carbons (Fsp3) is 0.919. The zero-order chi connectivity index (χ0) is 32.6. The van der Waals surface area contributed by atoms with Crippen molar-refractivity contribution in [2.45, 2.75) is 212 Å². The first-order valence-electron chi connectivity index (χ1n) is 18.9. The van der Waals surface area contributed by atoms with E-state index < -0.39 is 28.0 Å². The van der Waals surface area contributed by atoms with Crippen molar-refractivity contribution in [3.05, 3.63) is 12.2 Å². The molecule has 0 radical (unpaired) electrons. The second-order valence-corrected chi connectivity index (χ2v) is 14.7. The maximum atomic E-state index is 12.4. The van der Waals surface area contributed by atoms with Crippen LogP contribution in [-0.4, -0.2) is 41.9 Å². The number of carbonyl (C=O) groups is 1. The molecule has 2 unspecified atom stereocenters. The Morgan fingerprint density at radius 2 is 0.932 bits per heavy atom. The van der Waals surface area contributed by atoms with Crippen LogP contribution in [0.1, 0.15) is 200 Å². The monoisotopic (exact) mass is 644 g/mol. The van der Waals surface area contributed by atoms with Gasteiger partial charge < -0.3 is 10.4 Å². The number of nitrogens with one attached hydrogen (secondary N) is 1. The van der Waals surface area contributed by atoms with Crippen LogP contribution >= 0.6 is 0 Å². The molecule has 7 heteroatoms. The van der Waals surface area contributed by atoms with Crippen molar-refractivity contribution in [1.82, 2.24) is 5.32 Å². The smallest absolute Gasteiger partial charge is 0.267 e. The molecular weight excluding hydrogens is 570 g/mol. The van der Waals surface area contributed by atoms with E-state index in [2.05, 4.69) is 19.2 Å². The van der Waals surface area contributed by atoms with Crippen LogP contribution in [0.5, 0.6) is 0 Å². The number of allylic oxidation sites excluding steroid dienone is 1. The van der Waals surface area contributed by atoms with Crippen molar-refractivity contribution in [2.75, 3.05) is 5.75 Å². The highest BCUT2D eigenvalue weighted by molar-refractivity contribution is 7.85. The molecule has 6 nitrogen and oxygen atoms in total. The summed E-state index contributed by atoms with van der Waals surface area (Å²) in [7, 11) is -4.33. The number of carbonyl (C=O) groups excluding carboxylic acids is 1. The molecule has 0 aromatic rings. The fourth-order valence-electron chi connectivity index (χ4n) is 5.86. The Kier molecular flexibility index (Phi) is 31.4. The molecule has 0 aliphatic rings. The largest absolute Gasteiger partial charge is 0.387 e. The van der Waals surface area contributed by atoms with Gasteiger partial charge >= 0.3 is 0 Å². The average Bonchev–Trinajstić information content (AvgIpc) is 2.98. The fourth-order valence-corrected chi connectivity index (χ4v) is 6.60. The van der Waals surface area contributed by atoms with E-state index in [1.165, 1.54) is 141 Å². The van der Waals surface area contributed by atoms with Crippen LogP contribution in [0, 0.1) is 0 Å². The van der Waals surface area contributed by atoms with Crippen LogP contribution in [0.2, 0.25) is 0 Å². The Balaban J connectivity index is 3.81. The first-order valence-corrected chi connectivity index (χ1v) is 20.5. The van der Waals surface area contributed by atoms with Gasteiger partial charge in [0.1, 0.15) is 0 Å². The van der Waals surface area contributed by atoms with Crippen LogP contribution in [0.15, 0.2) is 12.2 Å². The van der Waals surface area contributed by atoms with Gasteiger partial charge in [0.05, 0.1) is 17.9 Å². The minimum absolute atomic E-state index is 0.277. The minimum atomic E-state index is -4.33. The first-order chi connectivity index (χ1) is 21.3. The third-order valence-corrected chi connectivity index (χ3v) is 9.49. The Hall–Kier alpha value is -0.920. The molecular formula is C37H73NO5S. The molecule has 0 saturated carbocycles. The highest BCUT2D eigenvalue weighted by Crippen LogP contribution is 2.15. The van der Waals surface area contributed by atoms with E-state index >= 15 is 0 Å². The van der Waals surface area contributed by atoms with Gasteiger partial charge in [-0.25, -0.2) is 0 Å². The number of hydrogen-bond donors (Lipinski definition) is 3. The van der Waals surface area contributed by atoms with Crippen molar-refractivity contribution in [2.24, 2.45) is 0 Å². The summed E-state index contributed by atoms with van der Waals surface area (Å²) >= 11 is 0. The second kappa shape index (κ2) is 32.0. The van der Waals surface area contributed by atoms with Gasteiger partial charge in [0, 0.05) is 6.42 Å². The molecule has 0 bridgehead atoms. The van der Waals surface area contributed by atoms with Gasteiger partial charge in [-0.05, 0) is 19.3 Å². The Morgan fingerprint density at radius 1 is 0.591 bits per heavy atom. The number of hydrogen-bond acceptors (Lipinski definition) is 4. The van der Waals surface area contributed by atoms with E-state index in [1.54, 1.807) is 6.08 Å². The molecule has 0 rings (SSSR count). The Morgan fingerprint density at radius 3 is 1.30 bits per heavy atom. The van der Waals surface area contributed by atoms with Gasteiger partial charge in [0.2, 0.25) is 5.91 Å². The Bertz CT molecular complexity index is 755. The van der Waals surface area contributed by atoms with Crippen molar-refractivity contribution in [1.29, 1.82) is 0 Å². The van der Waals surface area contributed by atoms with Crippen LogP contribution in [0.25, 0.3) is 0 Å². The van der Waals surface area contributed by atoms with Crippen LogP contribution in [-0.2, 0) is 14.9 Å². The lowest BCUT2D eigenvalue weighted by molar-refractivity contribution is -0.122. The van der Waals surface area contributed by atoms with Crippen molar-refractivity contribution in [3.8, 4) is 0 Å². The Labute approximate surface area is 273 Å². The third kappa shape index (κ3) is 32.5. The van der Waals surface area contributed by atoms with E-state index in [0.29, 0.717) is 6.42 Å². The first kappa shape index (κ1) is 43.1. The van der Waals surface area contributed by atoms with Gasteiger partial charge in [0.15, 0.2) is 0 Å².